The molecule has 1 aliphatic rings. The van der Waals surface area contributed by atoms with Crippen LogP contribution in [0.2, 0.25) is 0 Å². The Bertz CT molecular complexity index is 237. The molecule has 0 saturated carbocycles. The molecule has 0 radical (unpaired) electrons. The summed E-state index contributed by atoms with van der Waals surface area (Å²) in [6, 6.07) is 0. The van der Waals surface area contributed by atoms with Gasteiger partial charge in [0.2, 0.25) is 0 Å². The van der Waals surface area contributed by atoms with Crippen LogP contribution in [0.1, 0.15) is 6.42 Å². The van der Waals surface area contributed by atoms with Gasteiger partial charge in [-0.25, -0.2) is 0 Å². The van der Waals surface area contributed by atoms with Crippen LogP contribution >= 0.6 is 27.5 Å². The van der Waals surface area contributed by atoms with Crippen LogP contribution < -0.4 is 0 Å². The van der Waals surface area contributed by atoms with E-state index in [9.17, 15) is 0 Å². The van der Waals surface area contributed by atoms with E-state index < -0.39 is 0 Å². The Morgan fingerprint density at radius 1 is 1.31 bits per heavy atom. The van der Waals surface area contributed by atoms with E-state index in [4.69, 9.17) is 30.5 Å². The average molecular weight is 316 g/mol. The molecular weight excluding hydrogens is 299 g/mol. The Morgan fingerprint density at radius 3 is 2.56 bits per heavy atom. The zero-order valence-corrected chi connectivity index (χ0v) is 11.7. The van der Waals surface area contributed by atoms with Crippen LogP contribution in [0.25, 0.3) is 0 Å². The van der Waals surface area contributed by atoms with Gasteiger partial charge in [0.05, 0.1) is 11.5 Å². The van der Waals surface area contributed by atoms with Crippen molar-refractivity contribution in [2.24, 2.45) is 0 Å². The maximum absolute atomic E-state index is 6.23. The van der Waals surface area contributed by atoms with Gasteiger partial charge in [-0.05, 0) is 6.42 Å². The van der Waals surface area contributed by atoms with Crippen LogP contribution in [0, 0.1) is 0 Å². The summed E-state index contributed by atoms with van der Waals surface area (Å²) in [6.07, 6.45) is 2.38. The predicted molar refractivity (Wildman–Crippen MR) is 64.8 cm³/mol. The van der Waals surface area contributed by atoms with Gasteiger partial charge in [-0.3, -0.25) is 0 Å². The number of halogens is 2. The second kappa shape index (κ2) is 7.63. The lowest BCUT2D eigenvalue weighted by Crippen LogP contribution is -2.42. The monoisotopic (exact) mass is 314 g/mol. The average Bonchev–Trinajstić information content (AvgIpc) is 2.29. The van der Waals surface area contributed by atoms with Crippen LogP contribution in [0.5, 0.6) is 0 Å². The van der Waals surface area contributed by atoms with E-state index in [1.807, 2.05) is 6.08 Å². The zero-order chi connectivity index (χ0) is 12.0. The molecule has 16 heavy (non-hydrogen) atoms. The van der Waals surface area contributed by atoms with Crippen LogP contribution in [0.15, 0.2) is 10.6 Å². The summed E-state index contributed by atoms with van der Waals surface area (Å²) >= 11 is 9.63. The first-order valence-corrected chi connectivity index (χ1v) is 6.14. The van der Waals surface area contributed by atoms with E-state index in [1.165, 1.54) is 0 Å². The first kappa shape index (κ1) is 14.4. The summed E-state index contributed by atoms with van der Waals surface area (Å²) in [5.74, 6) is 0. The van der Waals surface area contributed by atoms with E-state index in [2.05, 4.69) is 15.9 Å². The van der Waals surface area contributed by atoms with E-state index in [0.29, 0.717) is 0 Å². The van der Waals surface area contributed by atoms with Crippen LogP contribution in [0.3, 0.4) is 0 Å². The normalized spacial score (nSPS) is 30.2. The van der Waals surface area contributed by atoms with Crippen molar-refractivity contribution in [3.8, 4) is 0 Å². The molecule has 4 nitrogen and oxygen atoms in total. The standard InChI is InChI=1S/C10H16BrClO4/c1-13-5-15-8-4-3-7(11)9(12)10(8)16-6-14-2/h3,8-10H,4-6H2,1-2H3/t8-,9-,10-/m0/s1. The lowest BCUT2D eigenvalue weighted by Gasteiger charge is -2.33. The summed E-state index contributed by atoms with van der Waals surface area (Å²) in [4.78, 5) is 0. The fourth-order valence-corrected chi connectivity index (χ4v) is 2.25. The molecule has 0 aromatic carbocycles. The third kappa shape index (κ3) is 3.98. The largest absolute Gasteiger partial charge is 0.359 e. The van der Waals surface area contributed by atoms with E-state index in [0.717, 1.165) is 10.9 Å². The van der Waals surface area contributed by atoms with Gasteiger partial charge in [-0.2, -0.15) is 0 Å². The van der Waals surface area contributed by atoms with Gasteiger partial charge in [0.15, 0.2) is 0 Å². The van der Waals surface area contributed by atoms with Gasteiger partial charge >= 0.3 is 0 Å². The number of hydrogen-bond donors (Lipinski definition) is 0. The van der Waals surface area contributed by atoms with Crippen LogP contribution in [0.4, 0.5) is 0 Å². The minimum Gasteiger partial charge on any atom is -0.359 e. The summed E-state index contributed by atoms with van der Waals surface area (Å²) < 4.78 is 21.7. The lowest BCUT2D eigenvalue weighted by atomic mass is 10.0. The molecular formula is C10H16BrClO4. The zero-order valence-electron chi connectivity index (χ0n) is 9.32. The van der Waals surface area contributed by atoms with Gasteiger partial charge in [0, 0.05) is 18.7 Å². The van der Waals surface area contributed by atoms with E-state index in [1.54, 1.807) is 14.2 Å². The van der Waals surface area contributed by atoms with Crippen molar-refractivity contribution in [3.05, 3.63) is 10.6 Å². The lowest BCUT2D eigenvalue weighted by molar-refractivity contribution is -0.155. The first-order chi connectivity index (χ1) is 7.70. The molecule has 0 aromatic heterocycles. The van der Waals surface area contributed by atoms with E-state index >= 15 is 0 Å². The Labute approximate surface area is 109 Å². The maximum Gasteiger partial charge on any atom is 0.146 e. The van der Waals surface area contributed by atoms with Crippen molar-refractivity contribution in [3.63, 3.8) is 0 Å². The molecule has 0 N–H and O–H groups in total. The number of alkyl halides is 1. The summed E-state index contributed by atoms with van der Waals surface area (Å²) in [5, 5.41) is -0.259. The first-order valence-electron chi connectivity index (χ1n) is 4.91. The SMILES string of the molecule is COCO[C@H]1[C@@H](OCOC)CC=C(Br)[C@@H]1Cl. The van der Waals surface area contributed by atoms with Crippen LogP contribution in [-0.2, 0) is 18.9 Å². The van der Waals surface area contributed by atoms with Gasteiger partial charge in [-0.15, -0.1) is 11.6 Å². The smallest absolute Gasteiger partial charge is 0.146 e. The fraction of sp³-hybridized carbons (Fsp3) is 0.800. The number of methoxy groups -OCH3 is 2. The molecule has 0 spiro atoms. The Hall–Kier alpha value is 0.350. The molecule has 0 saturated heterocycles. The molecule has 0 unspecified atom stereocenters. The fourth-order valence-electron chi connectivity index (χ4n) is 1.48. The van der Waals surface area contributed by atoms with Crippen molar-refractivity contribution < 1.29 is 18.9 Å². The molecule has 0 aromatic rings. The Morgan fingerprint density at radius 2 is 1.94 bits per heavy atom. The molecule has 0 bridgehead atoms. The summed E-state index contributed by atoms with van der Waals surface area (Å²) in [7, 11) is 3.15. The number of rotatable bonds is 6. The predicted octanol–water partition coefficient (Wildman–Crippen LogP) is 2.25. The van der Waals surface area contributed by atoms with Gasteiger partial charge < -0.3 is 18.9 Å². The number of hydrogen-bond acceptors (Lipinski definition) is 4. The van der Waals surface area contributed by atoms with Crippen LogP contribution in [-0.4, -0.2) is 45.4 Å². The highest BCUT2D eigenvalue weighted by Crippen LogP contribution is 2.31. The third-order valence-electron chi connectivity index (χ3n) is 2.24. The maximum atomic E-state index is 6.23. The quantitative estimate of drug-likeness (QED) is 0.556. The van der Waals surface area contributed by atoms with Crippen molar-refractivity contribution in [1.29, 1.82) is 0 Å². The molecule has 3 atom stereocenters. The van der Waals surface area contributed by atoms with Crippen molar-refractivity contribution in [2.75, 3.05) is 27.8 Å². The minimum atomic E-state index is -0.259. The highest BCUT2D eigenvalue weighted by molar-refractivity contribution is 9.11. The van der Waals surface area contributed by atoms with Crippen molar-refractivity contribution in [2.45, 2.75) is 24.0 Å². The van der Waals surface area contributed by atoms with Crippen molar-refractivity contribution >= 4 is 27.5 Å². The highest BCUT2D eigenvalue weighted by atomic mass is 79.9. The van der Waals surface area contributed by atoms with Gasteiger partial charge in [0.25, 0.3) is 0 Å². The van der Waals surface area contributed by atoms with E-state index in [-0.39, 0.29) is 31.2 Å². The second-order valence-electron chi connectivity index (χ2n) is 3.38. The summed E-state index contributed by atoms with van der Waals surface area (Å²) in [6.45, 7) is 0.424. The van der Waals surface area contributed by atoms with Gasteiger partial charge in [0.1, 0.15) is 19.7 Å². The molecule has 1 rings (SSSR count). The number of ether oxygens (including phenoxy) is 4. The Kier molecular flexibility index (Phi) is 6.87. The molecule has 94 valence electrons. The highest BCUT2D eigenvalue weighted by Gasteiger charge is 2.34. The molecule has 0 amide bonds. The topological polar surface area (TPSA) is 36.9 Å². The molecule has 0 aliphatic heterocycles. The summed E-state index contributed by atoms with van der Waals surface area (Å²) in [5.41, 5.74) is 0. The molecule has 1 aliphatic carbocycles. The molecule has 0 fully saturated rings. The Balaban J connectivity index is 2.58. The van der Waals surface area contributed by atoms with Gasteiger partial charge in [-0.1, -0.05) is 22.0 Å². The second-order valence-corrected chi connectivity index (χ2v) is 4.76. The molecule has 0 heterocycles. The third-order valence-corrected chi connectivity index (χ3v) is 3.81. The minimum absolute atomic E-state index is 0.112. The molecule has 6 heteroatoms. The van der Waals surface area contributed by atoms with Crippen molar-refractivity contribution in [1.82, 2.24) is 0 Å².